The number of carbonyl (C=O) groups excluding carboxylic acids is 3. The van der Waals surface area contributed by atoms with Crippen LogP contribution in [0, 0.1) is 6.92 Å². The maximum absolute atomic E-state index is 13.3. The second kappa shape index (κ2) is 11.4. The fourth-order valence-electron chi connectivity index (χ4n) is 3.30. The Bertz CT molecular complexity index is 970. The number of alkyl carbamates (subject to hydrolysis) is 1. The summed E-state index contributed by atoms with van der Waals surface area (Å²) in [6.45, 7) is 8.73. The molecule has 2 aromatic rings. The summed E-state index contributed by atoms with van der Waals surface area (Å²) in [7, 11) is 0. The molecule has 1 unspecified atom stereocenters. The first kappa shape index (κ1) is 25.7. The number of aryl methyl sites for hydroxylation is 1. The highest BCUT2D eigenvalue weighted by atomic mass is 16.6. The van der Waals surface area contributed by atoms with Crippen LogP contribution in [0.3, 0.4) is 0 Å². The molecule has 2 aromatic carbocycles. The summed E-state index contributed by atoms with van der Waals surface area (Å²) in [5.41, 5.74) is 1.10. The first-order valence-electron chi connectivity index (χ1n) is 10.9. The third-order valence-corrected chi connectivity index (χ3v) is 4.88. The first-order valence-corrected chi connectivity index (χ1v) is 10.9. The van der Waals surface area contributed by atoms with E-state index < -0.39 is 29.6 Å². The summed E-state index contributed by atoms with van der Waals surface area (Å²) in [6.07, 6.45) is -0.726. The van der Waals surface area contributed by atoms with Crippen molar-refractivity contribution in [3.05, 3.63) is 65.2 Å². The number of nitrogens with zero attached hydrogens (tertiary/aromatic N) is 1. The van der Waals surface area contributed by atoms with Gasteiger partial charge < -0.3 is 25.4 Å². The molecule has 0 radical (unpaired) electrons. The van der Waals surface area contributed by atoms with Gasteiger partial charge in [-0.05, 0) is 45.7 Å². The molecule has 3 amide bonds. The van der Waals surface area contributed by atoms with E-state index in [0.717, 1.165) is 5.56 Å². The van der Waals surface area contributed by atoms with Crippen LogP contribution >= 0.6 is 0 Å². The number of hydrogen-bond donors (Lipinski definition) is 3. The zero-order chi connectivity index (χ0) is 24.6. The number of ether oxygens (including phenoxy) is 1. The molecule has 8 nitrogen and oxygen atoms in total. The number of amides is 3. The number of benzene rings is 2. The van der Waals surface area contributed by atoms with E-state index in [2.05, 4.69) is 10.6 Å². The van der Waals surface area contributed by atoms with Gasteiger partial charge in [-0.2, -0.15) is 0 Å². The van der Waals surface area contributed by atoms with Crippen molar-refractivity contribution in [3.8, 4) is 5.75 Å². The molecule has 0 saturated heterocycles. The molecule has 0 aliphatic heterocycles. The van der Waals surface area contributed by atoms with Crippen LogP contribution in [0.4, 0.5) is 4.79 Å². The van der Waals surface area contributed by atoms with Crippen LogP contribution in [0.5, 0.6) is 5.75 Å². The predicted molar refractivity (Wildman–Crippen MR) is 125 cm³/mol. The van der Waals surface area contributed by atoms with Gasteiger partial charge in [-0.25, -0.2) is 4.79 Å². The molecule has 0 saturated carbocycles. The molecule has 0 heterocycles. The zero-order valence-corrected chi connectivity index (χ0v) is 19.8. The lowest BCUT2D eigenvalue weighted by Gasteiger charge is -2.31. The van der Waals surface area contributed by atoms with Crippen molar-refractivity contribution in [3.63, 3.8) is 0 Å². The summed E-state index contributed by atoms with van der Waals surface area (Å²) in [5, 5.41) is 16.0. The Balaban J connectivity index is 2.26. The molecule has 3 N–H and O–H groups in total. The minimum absolute atomic E-state index is 0.0521. The summed E-state index contributed by atoms with van der Waals surface area (Å²) in [6, 6.07) is 13.4. The Morgan fingerprint density at radius 1 is 1.03 bits per heavy atom. The number of nitrogens with one attached hydrogen (secondary N) is 2. The predicted octanol–water partition coefficient (Wildman–Crippen LogP) is 3.43. The van der Waals surface area contributed by atoms with E-state index in [0.29, 0.717) is 11.1 Å². The number of hydrogen-bond acceptors (Lipinski definition) is 5. The number of phenols is 1. The number of para-hydroxylation sites is 1. The Morgan fingerprint density at radius 2 is 1.70 bits per heavy atom. The number of rotatable bonds is 8. The molecule has 1 atom stereocenters. The van der Waals surface area contributed by atoms with Crippen LogP contribution in [0.15, 0.2) is 48.5 Å². The van der Waals surface area contributed by atoms with Gasteiger partial charge in [0, 0.05) is 18.7 Å². The molecule has 0 aromatic heterocycles. The quantitative estimate of drug-likeness (QED) is 0.565. The number of carbonyl (C=O) groups is 3. The van der Waals surface area contributed by atoms with Gasteiger partial charge in [0.1, 0.15) is 23.9 Å². The van der Waals surface area contributed by atoms with Crippen molar-refractivity contribution in [2.75, 3.05) is 13.1 Å². The van der Waals surface area contributed by atoms with Crippen LogP contribution in [-0.2, 0) is 20.9 Å². The van der Waals surface area contributed by atoms with Crippen molar-refractivity contribution < 1.29 is 24.2 Å². The Hall–Kier alpha value is -3.55. The first-order chi connectivity index (χ1) is 15.5. The molecule has 0 aliphatic carbocycles. The average Bonchev–Trinajstić information content (AvgIpc) is 2.76. The lowest BCUT2D eigenvalue weighted by atomic mass is 10.00. The average molecular weight is 456 g/mol. The highest BCUT2D eigenvalue weighted by molar-refractivity contribution is 5.91. The van der Waals surface area contributed by atoms with Crippen molar-refractivity contribution in [1.29, 1.82) is 0 Å². The minimum atomic E-state index is -1.08. The second-order valence-electron chi connectivity index (χ2n) is 8.65. The molecule has 2 rings (SSSR count). The van der Waals surface area contributed by atoms with Crippen molar-refractivity contribution >= 4 is 17.9 Å². The molecular weight excluding hydrogens is 422 g/mol. The molecule has 0 spiro atoms. The van der Waals surface area contributed by atoms with Crippen LogP contribution in [0.1, 0.15) is 50.4 Å². The van der Waals surface area contributed by atoms with Gasteiger partial charge in [0.2, 0.25) is 11.8 Å². The fraction of sp³-hybridized carbons (Fsp3) is 0.400. The highest BCUT2D eigenvalue weighted by Crippen LogP contribution is 2.31. The number of likely N-dealkylation sites (N-methyl/N-ethyl adjacent to an activating group) is 1. The maximum Gasteiger partial charge on any atom is 0.408 e. The van der Waals surface area contributed by atoms with E-state index >= 15 is 0 Å². The normalized spacial score (nSPS) is 11.9. The van der Waals surface area contributed by atoms with E-state index in [1.807, 2.05) is 30.3 Å². The molecular formula is C25H33N3O5. The Labute approximate surface area is 194 Å². The molecule has 178 valence electrons. The topological polar surface area (TPSA) is 108 Å². The maximum atomic E-state index is 13.3. The minimum Gasteiger partial charge on any atom is -0.507 e. The Kier molecular flexibility index (Phi) is 8.85. The van der Waals surface area contributed by atoms with Crippen LogP contribution in [0.2, 0.25) is 0 Å². The second-order valence-corrected chi connectivity index (χ2v) is 8.65. The smallest absolute Gasteiger partial charge is 0.408 e. The van der Waals surface area contributed by atoms with Crippen molar-refractivity contribution in [2.45, 2.75) is 52.8 Å². The summed E-state index contributed by atoms with van der Waals surface area (Å²) in [5.74, 6) is -0.972. The van der Waals surface area contributed by atoms with Crippen LogP contribution in [-0.4, -0.2) is 46.6 Å². The third-order valence-electron chi connectivity index (χ3n) is 4.88. The molecule has 8 heteroatoms. The van der Waals surface area contributed by atoms with Crippen molar-refractivity contribution in [2.24, 2.45) is 0 Å². The van der Waals surface area contributed by atoms with E-state index in [1.165, 1.54) is 4.90 Å². The van der Waals surface area contributed by atoms with Gasteiger partial charge in [0.15, 0.2) is 0 Å². The Morgan fingerprint density at radius 3 is 2.30 bits per heavy atom. The van der Waals surface area contributed by atoms with Gasteiger partial charge >= 0.3 is 6.09 Å². The van der Waals surface area contributed by atoms with Gasteiger partial charge in [-0.15, -0.1) is 0 Å². The fourth-order valence-corrected chi connectivity index (χ4v) is 3.30. The third kappa shape index (κ3) is 7.52. The van der Waals surface area contributed by atoms with Crippen LogP contribution < -0.4 is 10.6 Å². The van der Waals surface area contributed by atoms with Gasteiger partial charge in [-0.3, -0.25) is 9.59 Å². The van der Waals surface area contributed by atoms with Crippen molar-refractivity contribution in [1.82, 2.24) is 15.5 Å². The largest absolute Gasteiger partial charge is 0.507 e. The van der Waals surface area contributed by atoms with E-state index in [1.54, 1.807) is 52.8 Å². The SMILES string of the molecule is CCN(C(=O)CNC(=O)OC(C)(C)C)C(C(=O)NCc1ccccc1)c1cccc(C)c1O. The lowest BCUT2D eigenvalue weighted by Crippen LogP contribution is -2.47. The van der Waals surface area contributed by atoms with E-state index in [-0.39, 0.29) is 25.4 Å². The summed E-state index contributed by atoms with van der Waals surface area (Å²) >= 11 is 0. The molecule has 33 heavy (non-hydrogen) atoms. The van der Waals surface area contributed by atoms with E-state index in [9.17, 15) is 19.5 Å². The van der Waals surface area contributed by atoms with Gasteiger partial charge in [0.05, 0.1) is 0 Å². The molecule has 0 aliphatic rings. The zero-order valence-electron chi connectivity index (χ0n) is 19.8. The van der Waals surface area contributed by atoms with E-state index in [4.69, 9.17) is 4.74 Å². The highest BCUT2D eigenvalue weighted by Gasteiger charge is 2.33. The monoisotopic (exact) mass is 455 g/mol. The molecule has 0 fully saturated rings. The van der Waals surface area contributed by atoms with Gasteiger partial charge in [-0.1, -0.05) is 48.5 Å². The number of phenolic OH excluding ortho intramolecular Hbond substituents is 1. The lowest BCUT2D eigenvalue weighted by molar-refractivity contribution is -0.140. The van der Waals surface area contributed by atoms with Crippen LogP contribution in [0.25, 0.3) is 0 Å². The molecule has 0 bridgehead atoms. The van der Waals surface area contributed by atoms with Gasteiger partial charge in [0.25, 0.3) is 0 Å². The standard InChI is InChI=1S/C25H33N3O5/c1-6-28(20(29)16-27-24(32)33-25(3,4)5)21(19-14-10-11-17(2)22(19)30)23(31)26-15-18-12-8-7-9-13-18/h7-14,21,30H,6,15-16H2,1-5H3,(H,26,31)(H,27,32). The summed E-state index contributed by atoms with van der Waals surface area (Å²) < 4.78 is 5.18. The summed E-state index contributed by atoms with van der Waals surface area (Å²) in [4.78, 5) is 39.6. The number of aromatic hydroxyl groups is 1.